The summed E-state index contributed by atoms with van der Waals surface area (Å²) in [6.45, 7) is 6.50. The van der Waals surface area contributed by atoms with E-state index in [4.69, 9.17) is 14.8 Å². The lowest BCUT2D eigenvalue weighted by Gasteiger charge is -2.38. The summed E-state index contributed by atoms with van der Waals surface area (Å²) in [5.74, 6) is 2.71. The van der Waals surface area contributed by atoms with Gasteiger partial charge in [0.05, 0.1) is 7.11 Å². The fourth-order valence-corrected chi connectivity index (χ4v) is 5.09. The molecule has 6 nitrogen and oxygen atoms in total. The number of fused-ring (bicyclic) bond motifs is 1. The number of carbonyl (C=O) groups excluding carboxylic acids is 1. The van der Waals surface area contributed by atoms with Crippen molar-refractivity contribution in [3.8, 4) is 5.75 Å². The average molecular weight is 427 g/mol. The number of rotatable bonds is 7. The van der Waals surface area contributed by atoms with Crippen LogP contribution in [0.1, 0.15) is 64.5 Å². The third-order valence-electron chi connectivity index (χ3n) is 5.72. The Bertz CT molecular complexity index is 962. The van der Waals surface area contributed by atoms with Crippen molar-refractivity contribution in [2.45, 2.75) is 64.1 Å². The lowest BCUT2D eigenvalue weighted by Crippen LogP contribution is -2.36. The monoisotopic (exact) mass is 426 g/mol. The molecule has 0 saturated carbocycles. The van der Waals surface area contributed by atoms with E-state index in [1.54, 1.807) is 18.9 Å². The average Bonchev–Trinajstić information content (AvgIpc) is 3.11. The van der Waals surface area contributed by atoms with Gasteiger partial charge in [-0.1, -0.05) is 57.5 Å². The quantitative estimate of drug-likeness (QED) is 0.483. The molecule has 0 spiro atoms. The van der Waals surface area contributed by atoms with Crippen LogP contribution < -0.4 is 10.1 Å². The van der Waals surface area contributed by atoms with Crippen molar-refractivity contribution < 1.29 is 9.53 Å². The van der Waals surface area contributed by atoms with Gasteiger partial charge >= 0.3 is 0 Å². The number of hydrogen-bond donors (Lipinski definition) is 1. The van der Waals surface area contributed by atoms with Gasteiger partial charge in [-0.05, 0) is 36.0 Å². The summed E-state index contributed by atoms with van der Waals surface area (Å²) in [5.41, 5.74) is 2.76. The summed E-state index contributed by atoms with van der Waals surface area (Å²) in [6.07, 6.45) is 4.94. The Morgan fingerprint density at radius 3 is 2.70 bits per heavy atom. The highest BCUT2D eigenvalue weighted by atomic mass is 32.2. The molecular weight excluding hydrogens is 396 g/mol. The number of nitrogens with one attached hydrogen (secondary N) is 1. The van der Waals surface area contributed by atoms with Gasteiger partial charge in [0.15, 0.2) is 5.78 Å². The molecule has 0 saturated heterocycles. The molecule has 30 heavy (non-hydrogen) atoms. The van der Waals surface area contributed by atoms with Crippen molar-refractivity contribution in [3.63, 3.8) is 0 Å². The van der Waals surface area contributed by atoms with Crippen molar-refractivity contribution in [1.29, 1.82) is 0 Å². The zero-order valence-corrected chi connectivity index (χ0v) is 19.0. The molecule has 4 rings (SSSR count). The number of nitrogens with zero attached hydrogens (tertiary/aromatic N) is 3. The smallest absolute Gasteiger partial charge is 0.227 e. The number of aromatic nitrogens is 3. The minimum Gasteiger partial charge on any atom is -0.497 e. The van der Waals surface area contributed by atoms with E-state index in [0.29, 0.717) is 6.42 Å². The number of methoxy groups -OCH3 is 1. The standard InChI is InChI=1S/C23H30N4O2S/c1-5-6-7-12-30-22-25-21-24-17-13-23(2,3)14-18(28)19(17)20(27(21)26-22)15-8-10-16(29-4)11-9-15/h8-11,20H,5-7,12-14H2,1-4H3,(H,24,25,26)/t20-/m0/s1. The third kappa shape index (κ3) is 4.13. The van der Waals surface area contributed by atoms with Crippen LogP contribution in [0.2, 0.25) is 0 Å². The van der Waals surface area contributed by atoms with E-state index in [1.807, 2.05) is 28.9 Å². The maximum absolute atomic E-state index is 13.2. The van der Waals surface area contributed by atoms with Crippen LogP contribution >= 0.6 is 11.8 Å². The van der Waals surface area contributed by atoms with Crippen molar-refractivity contribution >= 4 is 23.5 Å². The van der Waals surface area contributed by atoms with Crippen LogP contribution in [-0.2, 0) is 4.79 Å². The molecule has 1 aliphatic carbocycles. The van der Waals surface area contributed by atoms with Crippen molar-refractivity contribution in [1.82, 2.24) is 14.8 Å². The number of benzene rings is 1. The van der Waals surface area contributed by atoms with Gasteiger partial charge in [-0.3, -0.25) is 4.79 Å². The van der Waals surface area contributed by atoms with Crippen LogP contribution in [0.4, 0.5) is 5.95 Å². The Balaban J connectivity index is 1.72. The van der Waals surface area contributed by atoms with E-state index in [-0.39, 0.29) is 17.2 Å². The third-order valence-corrected chi connectivity index (χ3v) is 6.65. The number of unbranched alkanes of at least 4 members (excludes halogenated alkanes) is 2. The molecule has 1 aliphatic heterocycles. The van der Waals surface area contributed by atoms with Gasteiger partial charge in [-0.2, -0.15) is 4.98 Å². The Morgan fingerprint density at radius 1 is 1.23 bits per heavy atom. The number of thioether (sulfide) groups is 1. The first kappa shape index (κ1) is 21.0. The summed E-state index contributed by atoms with van der Waals surface area (Å²) in [6, 6.07) is 7.65. The lowest BCUT2D eigenvalue weighted by molar-refractivity contribution is -0.118. The van der Waals surface area contributed by atoms with E-state index in [1.165, 1.54) is 12.8 Å². The SMILES string of the molecule is CCCCCSc1nc2n(n1)[C@@H](c1ccc(OC)cc1)C1=C(CC(C)(C)CC1=O)N2. The lowest BCUT2D eigenvalue weighted by atomic mass is 9.73. The molecule has 0 amide bonds. The number of ketones is 1. The Labute approximate surface area is 182 Å². The minimum atomic E-state index is -0.261. The van der Waals surface area contributed by atoms with E-state index in [9.17, 15) is 4.79 Å². The van der Waals surface area contributed by atoms with Crippen molar-refractivity contribution in [2.24, 2.45) is 5.41 Å². The first-order valence-electron chi connectivity index (χ1n) is 10.7. The number of allylic oxidation sites excluding steroid dienone is 2. The van der Waals surface area contributed by atoms with Crippen molar-refractivity contribution in [3.05, 3.63) is 41.1 Å². The van der Waals surface area contributed by atoms with Gasteiger partial charge < -0.3 is 10.1 Å². The topological polar surface area (TPSA) is 69.0 Å². The Kier molecular flexibility index (Phi) is 5.91. The molecule has 0 radical (unpaired) electrons. The van der Waals surface area contributed by atoms with Crippen LogP contribution in [0.15, 0.2) is 40.7 Å². The molecule has 7 heteroatoms. The second kappa shape index (κ2) is 8.46. The molecule has 2 aromatic rings. The van der Waals surface area contributed by atoms with Gasteiger partial charge in [-0.15, -0.1) is 5.10 Å². The zero-order chi connectivity index (χ0) is 21.3. The van der Waals surface area contributed by atoms with E-state index >= 15 is 0 Å². The first-order valence-corrected chi connectivity index (χ1v) is 11.7. The molecule has 1 N–H and O–H groups in total. The summed E-state index contributed by atoms with van der Waals surface area (Å²) >= 11 is 1.68. The predicted octanol–water partition coefficient (Wildman–Crippen LogP) is 5.23. The second-order valence-corrected chi connectivity index (χ2v) is 9.91. The maximum Gasteiger partial charge on any atom is 0.227 e. The fraction of sp³-hybridized carbons (Fsp3) is 0.522. The largest absolute Gasteiger partial charge is 0.497 e. The molecule has 1 aromatic carbocycles. The van der Waals surface area contributed by atoms with E-state index in [0.717, 1.165) is 52.3 Å². The molecule has 1 aromatic heterocycles. The summed E-state index contributed by atoms with van der Waals surface area (Å²) in [7, 11) is 1.66. The van der Waals surface area contributed by atoms with Gasteiger partial charge in [0, 0.05) is 23.4 Å². The van der Waals surface area contributed by atoms with Crippen LogP contribution in [0.3, 0.4) is 0 Å². The van der Waals surface area contributed by atoms with Crippen LogP contribution in [0.25, 0.3) is 0 Å². The normalized spacial score (nSPS) is 19.9. The highest BCUT2D eigenvalue weighted by Gasteiger charge is 2.41. The molecule has 0 unspecified atom stereocenters. The Morgan fingerprint density at radius 2 is 2.00 bits per heavy atom. The van der Waals surface area contributed by atoms with E-state index < -0.39 is 0 Å². The highest BCUT2D eigenvalue weighted by Crippen LogP contribution is 2.45. The molecular formula is C23H30N4O2S. The highest BCUT2D eigenvalue weighted by molar-refractivity contribution is 7.99. The number of carbonyl (C=O) groups is 1. The predicted molar refractivity (Wildman–Crippen MR) is 120 cm³/mol. The number of anilines is 1. The van der Waals surface area contributed by atoms with Crippen LogP contribution in [-0.4, -0.2) is 33.4 Å². The van der Waals surface area contributed by atoms with Gasteiger partial charge in [0.1, 0.15) is 11.8 Å². The zero-order valence-electron chi connectivity index (χ0n) is 18.2. The fourth-order valence-electron chi connectivity index (χ4n) is 4.26. The molecule has 160 valence electrons. The molecule has 0 bridgehead atoms. The number of ether oxygens (including phenoxy) is 1. The maximum atomic E-state index is 13.2. The van der Waals surface area contributed by atoms with Gasteiger partial charge in [0.2, 0.25) is 11.1 Å². The minimum absolute atomic E-state index is 0.0622. The number of hydrogen-bond acceptors (Lipinski definition) is 6. The summed E-state index contributed by atoms with van der Waals surface area (Å²) in [5, 5.41) is 9.00. The summed E-state index contributed by atoms with van der Waals surface area (Å²) < 4.78 is 7.21. The second-order valence-electron chi connectivity index (χ2n) is 8.85. The molecule has 0 fully saturated rings. The molecule has 2 heterocycles. The number of Topliss-reactive ketones (excluding diaryl/α,β-unsaturated/α-hetero) is 1. The van der Waals surface area contributed by atoms with Gasteiger partial charge in [-0.25, -0.2) is 4.68 Å². The Hall–Kier alpha value is -2.28. The van der Waals surface area contributed by atoms with Crippen molar-refractivity contribution in [2.75, 3.05) is 18.2 Å². The van der Waals surface area contributed by atoms with E-state index in [2.05, 4.69) is 26.1 Å². The van der Waals surface area contributed by atoms with Crippen LogP contribution in [0.5, 0.6) is 5.75 Å². The molecule has 2 aliphatic rings. The first-order chi connectivity index (χ1) is 14.4. The summed E-state index contributed by atoms with van der Waals surface area (Å²) in [4.78, 5) is 18.0. The van der Waals surface area contributed by atoms with Gasteiger partial charge in [0.25, 0.3) is 0 Å². The van der Waals surface area contributed by atoms with Crippen LogP contribution in [0, 0.1) is 5.41 Å². The molecule has 1 atom stereocenters.